The summed E-state index contributed by atoms with van der Waals surface area (Å²) in [5, 5.41) is 19.0. The van der Waals surface area contributed by atoms with Gasteiger partial charge in [-0.05, 0) is 31.2 Å². The quantitative estimate of drug-likeness (QED) is 0.521. The van der Waals surface area contributed by atoms with E-state index in [-0.39, 0.29) is 5.89 Å². The van der Waals surface area contributed by atoms with E-state index >= 15 is 0 Å². The first-order valence-electron chi connectivity index (χ1n) is 8.60. The van der Waals surface area contributed by atoms with Gasteiger partial charge in [-0.1, -0.05) is 30.0 Å². The highest BCUT2D eigenvalue weighted by Gasteiger charge is 2.27. The van der Waals surface area contributed by atoms with Crippen molar-refractivity contribution >= 4 is 16.7 Å². The fourth-order valence-corrected chi connectivity index (χ4v) is 2.73. The molecule has 0 aliphatic carbocycles. The number of nitrogens with two attached hydrogens (primary N) is 1. The van der Waals surface area contributed by atoms with Crippen LogP contribution in [-0.2, 0) is 5.60 Å². The van der Waals surface area contributed by atoms with Crippen LogP contribution in [0, 0.1) is 18.8 Å². The molecular formula is C21H17N5O2. The third kappa shape index (κ3) is 3.41. The first-order valence-corrected chi connectivity index (χ1v) is 8.60. The molecule has 0 saturated carbocycles. The van der Waals surface area contributed by atoms with Crippen molar-refractivity contribution in [2.45, 2.75) is 19.4 Å². The van der Waals surface area contributed by atoms with Gasteiger partial charge in [0, 0.05) is 29.6 Å². The summed E-state index contributed by atoms with van der Waals surface area (Å²) in [6.07, 6.45) is 1.66. The van der Waals surface area contributed by atoms with Crippen LogP contribution in [0.25, 0.3) is 22.2 Å². The third-order valence-electron chi connectivity index (χ3n) is 4.19. The number of hydrogen-bond acceptors (Lipinski definition) is 7. The molecule has 1 atom stereocenters. The molecule has 3 aromatic heterocycles. The predicted octanol–water partition coefficient (Wildman–Crippen LogP) is 2.83. The van der Waals surface area contributed by atoms with Crippen molar-refractivity contribution in [1.29, 1.82) is 0 Å². The van der Waals surface area contributed by atoms with E-state index in [9.17, 15) is 5.11 Å². The Morgan fingerprint density at radius 1 is 1.14 bits per heavy atom. The maximum absolute atomic E-state index is 10.5. The van der Waals surface area contributed by atoms with Gasteiger partial charge in [-0.2, -0.15) is 0 Å². The number of fused-ring (bicyclic) bond motifs is 1. The van der Waals surface area contributed by atoms with Crippen molar-refractivity contribution in [3.63, 3.8) is 0 Å². The molecule has 3 heterocycles. The molecular weight excluding hydrogens is 354 g/mol. The molecule has 0 saturated heterocycles. The van der Waals surface area contributed by atoms with E-state index in [1.54, 1.807) is 13.1 Å². The minimum atomic E-state index is -1.54. The van der Waals surface area contributed by atoms with Gasteiger partial charge in [-0.15, -0.1) is 10.2 Å². The van der Waals surface area contributed by atoms with Gasteiger partial charge in [0.1, 0.15) is 11.3 Å². The zero-order valence-electron chi connectivity index (χ0n) is 15.3. The summed E-state index contributed by atoms with van der Waals surface area (Å²) >= 11 is 0. The number of aromatic nitrogens is 4. The molecule has 4 aromatic rings. The maximum atomic E-state index is 10.5. The van der Waals surface area contributed by atoms with Crippen molar-refractivity contribution in [1.82, 2.24) is 20.2 Å². The smallest absolute Gasteiger partial charge is 0.260 e. The summed E-state index contributed by atoms with van der Waals surface area (Å²) in [5.41, 5.74) is 7.41. The Bertz CT molecular complexity index is 1230. The van der Waals surface area contributed by atoms with Gasteiger partial charge < -0.3 is 15.3 Å². The van der Waals surface area contributed by atoms with Crippen molar-refractivity contribution in [2.24, 2.45) is 0 Å². The van der Waals surface area contributed by atoms with E-state index in [4.69, 9.17) is 10.2 Å². The number of rotatable bonds is 2. The van der Waals surface area contributed by atoms with Crippen molar-refractivity contribution in [2.75, 3.05) is 5.73 Å². The second kappa shape index (κ2) is 6.76. The second-order valence-corrected chi connectivity index (χ2v) is 6.49. The van der Waals surface area contributed by atoms with Crippen LogP contribution in [-0.4, -0.2) is 25.3 Å². The van der Waals surface area contributed by atoms with Gasteiger partial charge in [-0.3, -0.25) is 0 Å². The highest BCUT2D eigenvalue weighted by Crippen LogP contribution is 2.24. The van der Waals surface area contributed by atoms with Crippen molar-refractivity contribution < 1.29 is 9.52 Å². The maximum Gasteiger partial charge on any atom is 0.260 e. The molecule has 3 N–H and O–H groups in total. The first kappa shape index (κ1) is 17.6. The normalized spacial score (nSPS) is 13.0. The Labute approximate surface area is 161 Å². The molecule has 1 aromatic carbocycles. The van der Waals surface area contributed by atoms with Gasteiger partial charge >= 0.3 is 0 Å². The number of aryl methyl sites for hydroxylation is 1. The summed E-state index contributed by atoms with van der Waals surface area (Å²) < 4.78 is 5.28. The molecule has 0 spiro atoms. The average molecular weight is 371 g/mol. The highest BCUT2D eigenvalue weighted by atomic mass is 16.4. The molecule has 0 bridgehead atoms. The Morgan fingerprint density at radius 2 is 2.00 bits per heavy atom. The average Bonchev–Trinajstić information content (AvgIpc) is 3.14. The van der Waals surface area contributed by atoms with Gasteiger partial charge in [0.25, 0.3) is 5.89 Å². The lowest BCUT2D eigenvalue weighted by Crippen LogP contribution is -2.19. The second-order valence-electron chi connectivity index (χ2n) is 6.49. The molecule has 138 valence electrons. The molecule has 0 radical (unpaired) electrons. The zero-order valence-corrected chi connectivity index (χ0v) is 15.3. The number of benzene rings is 1. The fraction of sp³-hybridized carbons (Fsp3) is 0.143. The van der Waals surface area contributed by atoms with Crippen LogP contribution in [0.4, 0.5) is 5.82 Å². The Balaban J connectivity index is 1.69. The lowest BCUT2D eigenvalue weighted by molar-refractivity contribution is 0.0881. The number of hydrogen-bond donors (Lipinski definition) is 2. The summed E-state index contributed by atoms with van der Waals surface area (Å²) in [6.45, 7) is 3.17. The van der Waals surface area contributed by atoms with E-state index in [2.05, 4.69) is 32.0 Å². The van der Waals surface area contributed by atoms with Crippen LogP contribution >= 0.6 is 0 Å². The Morgan fingerprint density at radius 3 is 2.79 bits per heavy atom. The Hall–Kier alpha value is -3.76. The van der Waals surface area contributed by atoms with Gasteiger partial charge in [0.15, 0.2) is 0 Å². The van der Waals surface area contributed by atoms with Gasteiger partial charge in [0.2, 0.25) is 11.5 Å². The zero-order chi connectivity index (χ0) is 19.7. The van der Waals surface area contributed by atoms with Crippen LogP contribution in [0.1, 0.15) is 24.3 Å². The number of nitrogen functional groups attached to an aromatic ring is 1. The van der Waals surface area contributed by atoms with E-state index in [1.807, 2.05) is 42.5 Å². The van der Waals surface area contributed by atoms with Crippen LogP contribution in [0.5, 0.6) is 0 Å². The van der Waals surface area contributed by atoms with E-state index in [0.717, 1.165) is 22.2 Å². The molecule has 4 rings (SSSR count). The van der Waals surface area contributed by atoms with E-state index in [0.29, 0.717) is 17.2 Å². The standard InChI is InChI=1S/C21H17N5O2/c1-13-25-26-20(28-13)21(2,27)10-8-14-4-3-5-16(12-14)17-7-6-15-9-11-23-19(22)18(15)24-17/h3-7,9,11-12,27H,1-2H3,(H2,22,23). The van der Waals surface area contributed by atoms with Crippen LogP contribution in [0.3, 0.4) is 0 Å². The number of anilines is 1. The molecule has 7 heteroatoms. The topological polar surface area (TPSA) is 111 Å². The molecule has 0 aliphatic rings. The van der Waals surface area contributed by atoms with Crippen molar-refractivity contribution in [3.05, 3.63) is 66.0 Å². The summed E-state index contributed by atoms with van der Waals surface area (Å²) in [5.74, 6) is 6.56. The molecule has 0 fully saturated rings. The summed E-state index contributed by atoms with van der Waals surface area (Å²) in [4.78, 5) is 8.72. The van der Waals surface area contributed by atoms with Crippen LogP contribution < -0.4 is 5.73 Å². The molecule has 0 aliphatic heterocycles. The Kier molecular flexibility index (Phi) is 4.26. The van der Waals surface area contributed by atoms with Crippen molar-refractivity contribution in [3.8, 4) is 23.1 Å². The van der Waals surface area contributed by atoms with Gasteiger partial charge in [0.05, 0.1) is 5.69 Å². The molecule has 28 heavy (non-hydrogen) atoms. The third-order valence-corrected chi connectivity index (χ3v) is 4.19. The largest absolute Gasteiger partial charge is 0.421 e. The molecule has 0 amide bonds. The van der Waals surface area contributed by atoms with E-state index < -0.39 is 5.60 Å². The SMILES string of the molecule is Cc1nnc(C(C)(O)C#Cc2cccc(-c3ccc4ccnc(N)c4n3)c2)o1. The first-order chi connectivity index (χ1) is 13.4. The minimum absolute atomic E-state index is 0.0628. The number of aliphatic hydroxyl groups is 1. The fourth-order valence-electron chi connectivity index (χ4n) is 2.73. The summed E-state index contributed by atoms with van der Waals surface area (Å²) in [6, 6.07) is 13.3. The number of nitrogens with zero attached hydrogens (tertiary/aromatic N) is 4. The van der Waals surface area contributed by atoms with Gasteiger partial charge in [-0.25, -0.2) is 9.97 Å². The number of pyridine rings is 2. The lowest BCUT2D eigenvalue weighted by atomic mass is 10.0. The molecule has 7 nitrogen and oxygen atoms in total. The summed E-state index contributed by atoms with van der Waals surface area (Å²) in [7, 11) is 0. The van der Waals surface area contributed by atoms with Crippen LogP contribution in [0.2, 0.25) is 0 Å². The van der Waals surface area contributed by atoms with E-state index in [1.165, 1.54) is 6.92 Å². The lowest BCUT2D eigenvalue weighted by Gasteiger charge is -2.10. The minimum Gasteiger partial charge on any atom is -0.421 e. The predicted molar refractivity (Wildman–Crippen MR) is 105 cm³/mol. The van der Waals surface area contributed by atoms with Crippen LogP contribution in [0.15, 0.2) is 53.1 Å². The monoisotopic (exact) mass is 371 g/mol. The highest BCUT2D eigenvalue weighted by molar-refractivity contribution is 5.88. The molecule has 1 unspecified atom stereocenters.